The van der Waals surface area contributed by atoms with Crippen molar-refractivity contribution in [1.82, 2.24) is 9.88 Å². The van der Waals surface area contributed by atoms with Crippen molar-refractivity contribution in [3.63, 3.8) is 0 Å². The number of hydrogen-bond acceptors (Lipinski definition) is 7. The number of ether oxygens (including phenoxy) is 4. The molecule has 2 heterocycles. The third kappa shape index (κ3) is 7.44. The van der Waals surface area contributed by atoms with Gasteiger partial charge in [0.15, 0.2) is 0 Å². The molecule has 2 N–H and O–H groups in total. The minimum Gasteiger partial charge on any atom is -0.496 e. The van der Waals surface area contributed by atoms with Crippen LogP contribution in [0.25, 0.3) is 0 Å². The average Bonchev–Trinajstić information content (AvgIpc) is 2.94. The second-order valence-corrected chi connectivity index (χ2v) is 9.12. The third-order valence-electron chi connectivity index (χ3n) is 6.52. The Morgan fingerprint density at radius 3 is 2.50 bits per heavy atom. The van der Waals surface area contributed by atoms with Gasteiger partial charge in [-0.1, -0.05) is 30.3 Å². The highest BCUT2D eigenvalue weighted by atomic mass is 16.5. The topological polar surface area (TPSA) is 111 Å². The van der Waals surface area contributed by atoms with E-state index in [1.807, 2.05) is 60.7 Å². The first-order chi connectivity index (χ1) is 18.5. The monoisotopic (exact) mass is 522 g/mol. The first kappa shape index (κ1) is 27.4. The van der Waals surface area contributed by atoms with Crippen LogP contribution in [0.2, 0.25) is 0 Å². The van der Waals surface area contributed by atoms with Crippen LogP contribution in [0.3, 0.4) is 0 Å². The highest BCUT2D eigenvalue weighted by molar-refractivity contribution is 5.65. The lowest BCUT2D eigenvalue weighted by molar-refractivity contribution is -0.0660. The maximum absolute atomic E-state index is 11.6. The molecule has 202 valence electrons. The van der Waals surface area contributed by atoms with E-state index in [0.29, 0.717) is 32.2 Å². The van der Waals surface area contributed by atoms with Crippen LogP contribution in [0.1, 0.15) is 29.0 Å². The van der Waals surface area contributed by atoms with Crippen LogP contribution in [-0.2, 0) is 22.7 Å². The van der Waals surface area contributed by atoms with Gasteiger partial charge >= 0.3 is 6.09 Å². The molecule has 1 amide bonds. The van der Waals surface area contributed by atoms with Crippen molar-refractivity contribution in [2.45, 2.75) is 37.8 Å². The number of aromatic nitrogens is 1. The van der Waals surface area contributed by atoms with E-state index in [4.69, 9.17) is 18.9 Å². The van der Waals surface area contributed by atoms with Gasteiger partial charge in [-0.15, -0.1) is 0 Å². The summed E-state index contributed by atoms with van der Waals surface area (Å²) >= 11 is 0. The summed E-state index contributed by atoms with van der Waals surface area (Å²) in [5.74, 6) is 1.16. The van der Waals surface area contributed by atoms with Gasteiger partial charge in [0.25, 0.3) is 0 Å². The Morgan fingerprint density at radius 2 is 1.76 bits per heavy atom. The second kappa shape index (κ2) is 13.8. The first-order valence-electron chi connectivity index (χ1n) is 12.6. The summed E-state index contributed by atoms with van der Waals surface area (Å²) < 4.78 is 23.1. The highest BCUT2D eigenvalue weighted by Gasteiger charge is 2.39. The minimum atomic E-state index is -1.07. The number of likely N-dealkylation sites (tertiary alicyclic amines) is 1. The van der Waals surface area contributed by atoms with E-state index >= 15 is 0 Å². The minimum absolute atomic E-state index is 0.0300. The van der Waals surface area contributed by atoms with Gasteiger partial charge in [0.05, 0.1) is 58.8 Å². The molecule has 9 nitrogen and oxygen atoms in total. The van der Waals surface area contributed by atoms with Gasteiger partial charge in [-0.05, 0) is 41.5 Å². The lowest BCUT2D eigenvalue weighted by atomic mass is 9.84. The molecule has 1 fully saturated rings. The Balaban J connectivity index is 1.29. The SMILES string of the molecule is COc1ccccc1COCCCOc1ccc(C2C(O)CN(C(=O)O)CC2OCc2ccncc2)cc1. The molecule has 3 unspecified atom stereocenters. The lowest BCUT2D eigenvalue weighted by Gasteiger charge is -2.40. The van der Waals surface area contributed by atoms with Gasteiger partial charge in [-0.3, -0.25) is 4.98 Å². The highest BCUT2D eigenvalue weighted by Crippen LogP contribution is 2.32. The van der Waals surface area contributed by atoms with E-state index in [1.54, 1.807) is 19.5 Å². The Bertz CT molecular complexity index is 1140. The predicted octanol–water partition coefficient (Wildman–Crippen LogP) is 4.10. The summed E-state index contributed by atoms with van der Waals surface area (Å²) in [5, 5.41) is 20.4. The number of rotatable bonds is 12. The summed E-state index contributed by atoms with van der Waals surface area (Å²) in [6.07, 6.45) is 1.62. The number of piperidine rings is 1. The predicted molar refractivity (Wildman–Crippen MR) is 140 cm³/mol. The molecule has 1 aromatic heterocycles. The molecular weight excluding hydrogens is 488 g/mol. The molecule has 38 heavy (non-hydrogen) atoms. The molecule has 3 atom stereocenters. The Labute approximate surface area is 222 Å². The molecular formula is C29H34N2O7. The molecule has 1 aliphatic heterocycles. The van der Waals surface area contributed by atoms with Crippen molar-refractivity contribution in [3.05, 3.63) is 89.7 Å². The zero-order valence-electron chi connectivity index (χ0n) is 21.4. The molecule has 2 aromatic carbocycles. The van der Waals surface area contributed by atoms with Crippen LogP contribution in [0, 0.1) is 0 Å². The molecule has 0 saturated carbocycles. The number of benzene rings is 2. The fourth-order valence-electron chi connectivity index (χ4n) is 4.57. The number of β-amino-alcohol motifs (C(OH)–C–C–N with tert-alkyl or cyclic N) is 1. The zero-order valence-corrected chi connectivity index (χ0v) is 21.4. The molecule has 0 aliphatic carbocycles. The van der Waals surface area contributed by atoms with Crippen molar-refractivity contribution in [1.29, 1.82) is 0 Å². The normalized spacial score (nSPS) is 19.2. The number of methoxy groups -OCH3 is 1. The van der Waals surface area contributed by atoms with Gasteiger partial charge in [-0.2, -0.15) is 0 Å². The van der Waals surface area contributed by atoms with Crippen molar-refractivity contribution < 1.29 is 34.0 Å². The first-order valence-corrected chi connectivity index (χ1v) is 12.6. The molecule has 1 aliphatic rings. The number of carbonyl (C=O) groups is 1. The van der Waals surface area contributed by atoms with Crippen LogP contribution < -0.4 is 9.47 Å². The summed E-state index contributed by atoms with van der Waals surface area (Å²) in [4.78, 5) is 16.8. The van der Waals surface area contributed by atoms with Crippen LogP contribution in [0.15, 0.2) is 73.1 Å². The number of amides is 1. The van der Waals surface area contributed by atoms with Crippen LogP contribution in [0.5, 0.6) is 11.5 Å². The maximum atomic E-state index is 11.6. The fraction of sp³-hybridized carbons (Fsp3) is 0.379. The number of nitrogens with zero attached hydrogens (tertiary/aromatic N) is 2. The van der Waals surface area contributed by atoms with Gasteiger partial charge in [-0.25, -0.2) is 4.79 Å². The smallest absolute Gasteiger partial charge is 0.407 e. The van der Waals surface area contributed by atoms with Crippen LogP contribution >= 0.6 is 0 Å². The van der Waals surface area contributed by atoms with Crippen LogP contribution in [0.4, 0.5) is 4.79 Å². The van der Waals surface area contributed by atoms with E-state index in [1.165, 1.54) is 4.90 Å². The average molecular weight is 523 g/mol. The lowest BCUT2D eigenvalue weighted by Crippen LogP contribution is -2.53. The summed E-state index contributed by atoms with van der Waals surface area (Å²) in [5.41, 5.74) is 2.80. The second-order valence-electron chi connectivity index (χ2n) is 9.12. The third-order valence-corrected chi connectivity index (χ3v) is 6.52. The fourth-order valence-corrected chi connectivity index (χ4v) is 4.57. The Morgan fingerprint density at radius 1 is 1.00 bits per heavy atom. The van der Waals surface area contributed by atoms with Gasteiger partial charge in [0.2, 0.25) is 0 Å². The standard InChI is InChI=1S/C29H34N2O7/c1-35-26-6-3-2-5-23(26)20-36-15-4-16-37-24-9-7-22(8-10-24)28-25(32)17-31(29(33)34)18-27(28)38-19-21-11-13-30-14-12-21/h2-3,5-14,25,27-28,32H,4,15-20H2,1H3,(H,33,34). The quantitative estimate of drug-likeness (QED) is 0.342. The number of aliphatic hydroxyl groups is 1. The summed E-state index contributed by atoms with van der Waals surface area (Å²) in [6.45, 7) is 2.04. The Hall–Kier alpha value is -3.66. The molecule has 3 aromatic rings. The number of hydrogen-bond donors (Lipinski definition) is 2. The molecule has 0 radical (unpaired) electrons. The van der Waals surface area contributed by atoms with Gasteiger partial charge in [0, 0.05) is 30.3 Å². The van der Waals surface area contributed by atoms with Crippen molar-refractivity contribution in [2.75, 3.05) is 33.4 Å². The van der Waals surface area contributed by atoms with E-state index in [2.05, 4.69) is 4.98 Å². The van der Waals surface area contributed by atoms with Crippen molar-refractivity contribution in [2.24, 2.45) is 0 Å². The van der Waals surface area contributed by atoms with Gasteiger partial charge < -0.3 is 34.1 Å². The number of carboxylic acid groups (broad SMARTS) is 1. The zero-order chi connectivity index (χ0) is 26.7. The van der Waals surface area contributed by atoms with E-state index in [9.17, 15) is 15.0 Å². The van der Waals surface area contributed by atoms with Crippen molar-refractivity contribution >= 4 is 6.09 Å². The van der Waals surface area contributed by atoms with E-state index in [0.717, 1.165) is 28.9 Å². The summed E-state index contributed by atoms with van der Waals surface area (Å²) in [7, 11) is 1.65. The number of para-hydroxylation sites is 1. The maximum Gasteiger partial charge on any atom is 0.407 e. The molecule has 0 bridgehead atoms. The molecule has 9 heteroatoms. The largest absolute Gasteiger partial charge is 0.496 e. The Kier molecular flexibility index (Phi) is 9.91. The summed E-state index contributed by atoms with van der Waals surface area (Å²) in [6, 6.07) is 19.0. The van der Waals surface area contributed by atoms with Gasteiger partial charge in [0.1, 0.15) is 11.5 Å². The molecule has 1 saturated heterocycles. The molecule has 4 rings (SSSR count). The number of pyridine rings is 1. The van der Waals surface area contributed by atoms with Crippen LogP contribution in [-0.4, -0.2) is 71.8 Å². The molecule has 0 spiro atoms. The van der Waals surface area contributed by atoms with Crippen molar-refractivity contribution in [3.8, 4) is 11.5 Å². The number of aliphatic hydroxyl groups excluding tert-OH is 1. The van der Waals surface area contributed by atoms with E-state index < -0.39 is 18.3 Å². The van der Waals surface area contributed by atoms with E-state index in [-0.39, 0.29) is 19.0 Å².